The van der Waals surface area contributed by atoms with Gasteiger partial charge in [-0.15, -0.1) is 0 Å². The normalized spacial score (nSPS) is 14.4. The zero-order valence-electron chi connectivity index (χ0n) is 17.7. The van der Waals surface area contributed by atoms with Gasteiger partial charge in [-0.3, -0.25) is 4.79 Å². The molecule has 1 saturated heterocycles. The summed E-state index contributed by atoms with van der Waals surface area (Å²) in [4.78, 5) is 27.9. The SMILES string of the molecule is COc1ccc(N2CCN(C(=O)COc3ccc4c(C(F)(F)F)cc(=O)oc4c3)CC2)cc1. The summed E-state index contributed by atoms with van der Waals surface area (Å²) in [5.41, 5.74) is -1.41. The minimum absolute atomic E-state index is 0.134. The van der Waals surface area contributed by atoms with E-state index < -0.39 is 17.4 Å². The van der Waals surface area contributed by atoms with Crippen molar-refractivity contribution in [1.29, 1.82) is 0 Å². The number of carbonyl (C=O) groups is 1. The van der Waals surface area contributed by atoms with E-state index in [1.807, 2.05) is 24.3 Å². The first-order valence-corrected chi connectivity index (χ1v) is 10.2. The zero-order chi connectivity index (χ0) is 23.6. The number of rotatable bonds is 5. The van der Waals surface area contributed by atoms with E-state index in [4.69, 9.17) is 13.9 Å². The summed E-state index contributed by atoms with van der Waals surface area (Å²) >= 11 is 0. The number of nitrogens with zero attached hydrogens (tertiary/aromatic N) is 2. The number of hydrogen-bond donors (Lipinski definition) is 0. The molecule has 33 heavy (non-hydrogen) atoms. The smallest absolute Gasteiger partial charge is 0.417 e. The second-order valence-electron chi connectivity index (χ2n) is 7.49. The average Bonchev–Trinajstić information content (AvgIpc) is 2.81. The molecule has 1 aliphatic rings. The Hall–Kier alpha value is -3.69. The first kappa shape index (κ1) is 22.5. The lowest BCUT2D eigenvalue weighted by Crippen LogP contribution is -2.50. The highest BCUT2D eigenvalue weighted by Crippen LogP contribution is 2.34. The highest BCUT2D eigenvalue weighted by Gasteiger charge is 2.34. The maximum absolute atomic E-state index is 13.2. The van der Waals surface area contributed by atoms with Gasteiger partial charge in [0.2, 0.25) is 0 Å². The molecular formula is C23H21F3N2O5. The van der Waals surface area contributed by atoms with E-state index in [9.17, 15) is 22.8 Å². The van der Waals surface area contributed by atoms with E-state index in [-0.39, 0.29) is 29.2 Å². The molecule has 0 bridgehead atoms. The van der Waals surface area contributed by atoms with Crippen molar-refractivity contribution in [3.8, 4) is 11.5 Å². The van der Waals surface area contributed by atoms with Crippen molar-refractivity contribution >= 4 is 22.6 Å². The molecule has 1 aliphatic heterocycles. The Bertz CT molecular complexity index is 1200. The van der Waals surface area contributed by atoms with E-state index in [2.05, 4.69) is 4.90 Å². The van der Waals surface area contributed by atoms with Gasteiger partial charge in [0, 0.05) is 49.4 Å². The Kier molecular flexibility index (Phi) is 6.17. The van der Waals surface area contributed by atoms with Crippen LogP contribution in [0.3, 0.4) is 0 Å². The van der Waals surface area contributed by atoms with Crippen LogP contribution in [0.1, 0.15) is 5.56 Å². The lowest BCUT2D eigenvalue weighted by Gasteiger charge is -2.36. The second kappa shape index (κ2) is 9.05. The topological polar surface area (TPSA) is 72.2 Å². The Morgan fingerprint density at radius 1 is 1.00 bits per heavy atom. The maximum atomic E-state index is 13.2. The zero-order valence-corrected chi connectivity index (χ0v) is 17.7. The number of methoxy groups -OCH3 is 1. The summed E-state index contributed by atoms with van der Waals surface area (Å²) in [6.07, 6.45) is -4.69. The van der Waals surface area contributed by atoms with Gasteiger partial charge in [0.1, 0.15) is 17.1 Å². The first-order valence-electron chi connectivity index (χ1n) is 10.2. The van der Waals surface area contributed by atoms with Crippen LogP contribution >= 0.6 is 0 Å². The van der Waals surface area contributed by atoms with Crippen LogP contribution in [0.4, 0.5) is 18.9 Å². The number of benzene rings is 2. The number of alkyl halides is 3. The molecule has 174 valence electrons. The number of ether oxygens (including phenoxy) is 2. The van der Waals surface area contributed by atoms with Gasteiger partial charge in [-0.05, 0) is 36.4 Å². The van der Waals surface area contributed by atoms with E-state index in [0.29, 0.717) is 32.2 Å². The molecule has 0 radical (unpaired) electrons. The standard InChI is InChI=1S/C23H21F3N2O5/c1-31-16-4-2-15(3-5-16)27-8-10-28(11-9-27)21(29)14-32-17-6-7-18-19(23(24,25)26)13-22(30)33-20(18)12-17/h2-7,12-13H,8-11,14H2,1H3. The van der Waals surface area contributed by atoms with Crippen molar-refractivity contribution in [2.45, 2.75) is 6.18 Å². The van der Waals surface area contributed by atoms with Crippen molar-refractivity contribution < 1.29 is 31.9 Å². The number of carbonyl (C=O) groups excluding carboxylic acids is 1. The van der Waals surface area contributed by atoms with Gasteiger partial charge < -0.3 is 23.7 Å². The molecule has 1 aromatic heterocycles. The molecule has 1 amide bonds. The number of fused-ring (bicyclic) bond motifs is 1. The summed E-state index contributed by atoms with van der Waals surface area (Å²) in [5, 5.41) is -0.254. The summed E-state index contributed by atoms with van der Waals surface area (Å²) in [6, 6.07) is 11.7. The Morgan fingerprint density at radius 2 is 1.67 bits per heavy atom. The molecule has 0 N–H and O–H groups in total. The van der Waals surface area contributed by atoms with Gasteiger partial charge in [0.25, 0.3) is 5.91 Å². The molecule has 2 heterocycles. The molecule has 1 fully saturated rings. The van der Waals surface area contributed by atoms with Gasteiger partial charge in [0.05, 0.1) is 12.7 Å². The van der Waals surface area contributed by atoms with Crippen LogP contribution in [0.5, 0.6) is 11.5 Å². The number of anilines is 1. The van der Waals surface area contributed by atoms with E-state index in [0.717, 1.165) is 17.5 Å². The molecular weight excluding hydrogens is 441 g/mol. The molecule has 4 rings (SSSR count). The third-order valence-corrected chi connectivity index (χ3v) is 5.45. The summed E-state index contributed by atoms with van der Waals surface area (Å²) in [6.45, 7) is 2.04. The van der Waals surface area contributed by atoms with Gasteiger partial charge in [0.15, 0.2) is 6.61 Å². The average molecular weight is 462 g/mol. The van der Waals surface area contributed by atoms with Crippen LogP contribution in [-0.4, -0.2) is 50.7 Å². The molecule has 0 aliphatic carbocycles. The van der Waals surface area contributed by atoms with Crippen LogP contribution < -0.4 is 20.0 Å². The summed E-state index contributed by atoms with van der Waals surface area (Å²) in [7, 11) is 1.61. The van der Waals surface area contributed by atoms with Crippen LogP contribution in [0.25, 0.3) is 11.0 Å². The van der Waals surface area contributed by atoms with Crippen molar-refractivity contribution in [1.82, 2.24) is 4.90 Å². The van der Waals surface area contributed by atoms with Gasteiger partial charge in [-0.1, -0.05) is 0 Å². The minimum Gasteiger partial charge on any atom is -0.497 e. The largest absolute Gasteiger partial charge is 0.497 e. The quantitative estimate of drug-likeness (QED) is 0.540. The van der Waals surface area contributed by atoms with Gasteiger partial charge in [-0.2, -0.15) is 13.2 Å². The molecule has 0 atom stereocenters. The third kappa shape index (κ3) is 5.05. The molecule has 10 heteroatoms. The van der Waals surface area contributed by atoms with Gasteiger partial charge in [-0.25, -0.2) is 4.79 Å². The Labute approximate surface area is 186 Å². The fourth-order valence-electron chi connectivity index (χ4n) is 3.71. The number of amides is 1. The highest BCUT2D eigenvalue weighted by atomic mass is 19.4. The molecule has 0 saturated carbocycles. The number of piperazine rings is 1. The van der Waals surface area contributed by atoms with Crippen molar-refractivity contribution in [2.75, 3.05) is 44.8 Å². The minimum atomic E-state index is -4.69. The fraction of sp³-hybridized carbons (Fsp3) is 0.304. The monoisotopic (exact) mass is 462 g/mol. The predicted molar refractivity (Wildman–Crippen MR) is 115 cm³/mol. The lowest BCUT2D eigenvalue weighted by molar-refractivity contribution is -0.136. The van der Waals surface area contributed by atoms with Crippen LogP contribution in [0, 0.1) is 0 Å². The summed E-state index contributed by atoms with van der Waals surface area (Å²) in [5.74, 6) is 0.664. The van der Waals surface area contributed by atoms with Crippen LogP contribution in [-0.2, 0) is 11.0 Å². The highest BCUT2D eigenvalue weighted by molar-refractivity contribution is 5.82. The second-order valence-corrected chi connectivity index (χ2v) is 7.49. The predicted octanol–water partition coefficient (Wildman–Crippen LogP) is 3.55. The number of halogens is 3. The molecule has 2 aromatic carbocycles. The van der Waals surface area contributed by atoms with Gasteiger partial charge >= 0.3 is 11.8 Å². The van der Waals surface area contributed by atoms with E-state index in [1.54, 1.807) is 12.0 Å². The van der Waals surface area contributed by atoms with Crippen molar-refractivity contribution in [3.63, 3.8) is 0 Å². The molecule has 0 unspecified atom stereocenters. The molecule has 7 nitrogen and oxygen atoms in total. The third-order valence-electron chi connectivity index (χ3n) is 5.45. The fourth-order valence-corrected chi connectivity index (χ4v) is 3.71. The lowest BCUT2D eigenvalue weighted by atomic mass is 10.1. The van der Waals surface area contributed by atoms with E-state index in [1.165, 1.54) is 12.1 Å². The molecule has 0 spiro atoms. The number of hydrogen-bond acceptors (Lipinski definition) is 6. The van der Waals surface area contributed by atoms with E-state index >= 15 is 0 Å². The van der Waals surface area contributed by atoms with Crippen LogP contribution in [0.2, 0.25) is 0 Å². The first-order chi connectivity index (χ1) is 15.7. The Morgan fingerprint density at radius 3 is 2.30 bits per heavy atom. The molecule has 3 aromatic rings. The summed E-state index contributed by atoms with van der Waals surface area (Å²) < 4.78 is 55.0. The van der Waals surface area contributed by atoms with Crippen molar-refractivity contribution in [3.05, 3.63) is 64.5 Å². The van der Waals surface area contributed by atoms with Crippen LogP contribution in [0.15, 0.2) is 57.7 Å². The Balaban J connectivity index is 1.36. The maximum Gasteiger partial charge on any atom is 0.417 e. The van der Waals surface area contributed by atoms with Crippen molar-refractivity contribution in [2.24, 2.45) is 0 Å².